The Labute approximate surface area is 120 Å². The van der Waals surface area contributed by atoms with Gasteiger partial charge in [-0.1, -0.05) is 0 Å². The molecule has 1 aromatic carbocycles. The maximum atomic E-state index is 12.1. The number of aryl methyl sites for hydroxylation is 1. The predicted molar refractivity (Wildman–Crippen MR) is 77.1 cm³/mol. The molecule has 20 heavy (non-hydrogen) atoms. The van der Waals surface area contributed by atoms with Crippen molar-refractivity contribution in [3.05, 3.63) is 29.3 Å². The number of esters is 1. The van der Waals surface area contributed by atoms with Gasteiger partial charge < -0.3 is 9.47 Å². The minimum absolute atomic E-state index is 0.427. The molecule has 0 aliphatic rings. The van der Waals surface area contributed by atoms with Crippen LogP contribution in [0.2, 0.25) is 0 Å². The number of hydrogen-bond donors (Lipinski definition) is 0. The molecule has 0 fully saturated rings. The van der Waals surface area contributed by atoms with Crippen LogP contribution in [0.3, 0.4) is 0 Å². The predicted octanol–water partition coefficient (Wildman–Crippen LogP) is 3.31. The van der Waals surface area contributed by atoms with Crippen LogP contribution in [0.15, 0.2) is 18.2 Å². The highest BCUT2D eigenvalue weighted by Gasteiger charge is 2.35. The van der Waals surface area contributed by atoms with Crippen LogP contribution in [-0.4, -0.2) is 23.5 Å². The van der Waals surface area contributed by atoms with Crippen LogP contribution in [0, 0.1) is 6.92 Å². The number of benzene rings is 1. The molecular formula is C16H22O4. The minimum Gasteiger partial charge on any atom is -0.476 e. The van der Waals surface area contributed by atoms with E-state index in [9.17, 15) is 9.59 Å². The molecule has 1 aromatic rings. The molecule has 0 aromatic heterocycles. The topological polar surface area (TPSA) is 52.6 Å². The van der Waals surface area contributed by atoms with Gasteiger partial charge in [0.1, 0.15) is 17.6 Å². The van der Waals surface area contributed by atoms with Crippen molar-refractivity contribution in [3.63, 3.8) is 0 Å². The SMILES string of the molecule is Cc1cc(C=O)ccc1OC(C)(C)C(=O)OC(C)(C)C. The van der Waals surface area contributed by atoms with E-state index in [0.29, 0.717) is 11.3 Å². The molecule has 110 valence electrons. The zero-order chi connectivity index (χ0) is 15.6. The molecule has 0 heterocycles. The van der Waals surface area contributed by atoms with Crippen molar-refractivity contribution >= 4 is 12.3 Å². The van der Waals surface area contributed by atoms with E-state index in [-0.39, 0.29) is 0 Å². The van der Waals surface area contributed by atoms with E-state index in [1.54, 1.807) is 32.0 Å². The van der Waals surface area contributed by atoms with E-state index in [0.717, 1.165) is 11.8 Å². The van der Waals surface area contributed by atoms with Gasteiger partial charge in [-0.05, 0) is 65.3 Å². The number of rotatable bonds is 4. The first-order chi connectivity index (χ1) is 9.05. The summed E-state index contributed by atoms with van der Waals surface area (Å²) in [4.78, 5) is 22.8. The van der Waals surface area contributed by atoms with E-state index in [1.165, 1.54) is 0 Å². The van der Waals surface area contributed by atoms with Gasteiger partial charge in [-0.25, -0.2) is 4.79 Å². The normalized spacial score (nSPS) is 11.9. The monoisotopic (exact) mass is 278 g/mol. The fourth-order valence-corrected chi connectivity index (χ4v) is 1.58. The molecule has 0 unspecified atom stereocenters. The Hall–Kier alpha value is -1.84. The number of aldehydes is 1. The summed E-state index contributed by atoms with van der Waals surface area (Å²) < 4.78 is 11.1. The van der Waals surface area contributed by atoms with E-state index < -0.39 is 17.2 Å². The Balaban J connectivity index is 2.90. The molecule has 0 atom stereocenters. The lowest BCUT2D eigenvalue weighted by Crippen LogP contribution is -2.43. The van der Waals surface area contributed by atoms with Crippen molar-refractivity contribution < 1.29 is 19.1 Å². The second kappa shape index (κ2) is 5.65. The molecule has 4 heteroatoms. The summed E-state index contributed by atoms with van der Waals surface area (Å²) in [5, 5.41) is 0. The quantitative estimate of drug-likeness (QED) is 0.626. The fraction of sp³-hybridized carbons (Fsp3) is 0.500. The minimum atomic E-state index is -1.10. The second-order valence-corrected chi connectivity index (χ2v) is 6.26. The molecule has 0 spiro atoms. The summed E-state index contributed by atoms with van der Waals surface area (Å²) in [5.74, 6) is 0.135. The van der Waals surface area contributed by atoms with Crippen molar-refractivity contribution in [2.24, 2.45) is 0 Å². The Bertz CT molecular complexity index is 510. The van der Waals surface area contributed by atoms with E-state index >= 15 is 0 Å². The van der Waals surface area contributed by atoms with Gasteiger partial charge in [0.25, 0.3) is 0 Å². The first kappa shape index (κ1) is 16.2. The largest absolute Gasteiger partial charge is 0.476 e. The van der Waals surface area contributed by atoms with Crippen LogP contribution < -0.4 is 4.74 Å². The standard InChI is InChI=1S/C16H22O4/c1-11-9-12(10-17)7-8-13(11)19-16(5,6)14(18)20-15(2,3)4/h7-10H,1-6H3. The Morgan fingerprint density at radius 1 is 1.15 bits per heavy atom. The van der Waals surface area contributed by atoms with E-state index in [2.05, 4.69) is 0 Å². The van der Waals surface area contributed by atoms with Gasteiger partial charge in [-0.3, -0.25) is 4.79 Å². The molecule has 1 rings (SSSR count). The average Bonchev–Trinajstić information content (AvgIpc) is 2.29. The third-order valence-electron chi connectivity index (χ3n) is 2.59. The average molecular weight is 278 g/mol. The van der Waals surface area contributed by atoms with Gasteiger partial charge in [-0.2, -0.15) is 0 Å². The summed E-state index contributed by atoms with van der Waals surface area (Å²) in [6.45, 7) is 10.6. The van der Waals surface area contributed by atoms with Crippen LogP contribution in [-0.2, 0) is 9.53 Å². The highest BCUT2D eigenvalue weighted by atomic mass is 16.6. The Kier molecular flexibility index (Phi) is 4.58. The fourth-order valence-electron chi connectivity index (χ4n) is 1.58. The maximum Gasteiger partial charge on any atom is 0.350 e. The summed E-state index contributed by atoms with van der Waals surface area (Å²) in [6, 6.07) is 5.05. The van der Waals surface area contributed by atoms with Gasteiger partial charge in [0.2, 0.25) is 0 Å². The molecule has 0 bridgehead atoms. The molecule has 0 amide bonds. The highest BCUT2D eigenvalue weighted by molar-refractivity contribution is 5.79. The van der Waals surface area contributed by atoms with Crippen molar-refractivity contribution in [2.45, 2.75) is 52.7 Å². The maximum absolute atomic E-state index is 12.1. The number of ether oxygens (including phenoxy) is 2. The van der Waals surface area contributed by atoms with Gasteiger partial charge in [0.05, 0.1) is 0 Å². The van der Waals surface area contributed by atoms with Gasteiger partial charge >= 0.3 is 5.97 Å². The van der Waals surface area contributed by atoms with Gasteiger partial charge in [0.15, 0.2) is 5.60 Å². The van der Waals surface area contributed by atoms with Crippen LogP contribution in [0.5, 0.6) is 5.75 Å². The molecular weight excluding hydrogens is 256 g/mol. The third kappa shape index (κ3) is 4.37. The summed E-state index contributed by atoms with van der Waals surface area (Å²) in [7, 11) is 0. The summed E-state index contributed by atoms with van der Waals surface area (Å²) in [6.07, 6.45) is 0.774. The molecule has 0 saturated carbocycles. The highest BCUT2D eigenvalue weighted by Crippen LogP contribution is 2.25. The number of carbonyl (C=O) groups is 2. The summed E-state index contributed by atoms with van der Waals surface area (Å²) in [5.41, 5.74) is -0.286. The van der Waals surface area contributed by atoms with Crippen LogP contribution in [0.25, 0.3) is 0 Å². The smallest absolute Gasteiger partial charge is 0.350 e. The first-order valence-corrected chi connectivity index (χ1v) is 6.53. The zero-order valence-corrected chi connectivity index (χ0v) is 12.9. The van der Waals surface area contributed by atoms with Crippen LogP contribution in [0.4, 0.5) is 0 Å². The lowest BCUT2D eigenvalue weighted by Gasteiger charge is -2.29. The van der Waals surface area contributed by atoms with Crippen LogP contribution >= 0.6 is 0 Å². The lowest BCUT2D eigenvalue weighted by molar-refractivity contribution is -0.170. The third-order valence-corrected chi connectivity index (χ3v) is 2.59. The molecule has 0 aliphatic heterocycles. The van der Waals surface area contributed by atoms with Crippen molar-refractivity contribution in [2.75, 3.05) is 0 Å². The summed E-state index contributed by atoms with van der Waals surface area (Å²) >= 11 is 0. The van der Waals surface area contributed by atoms with Gasteiger partial charge in [0, 0.05) is 5.56 Å². The van der Waals surface area contributed by atoms with Crippen molar-refractivity contribution in [1.29, 1.82) is 0 Å². The molecule has 0 radical (unpaired) electrons. The Morgan fingerprint density at radius 2 is 1.75 bits per heavy atom. The van der Waals surface area contributed by atoms with Crippen LogP contribution in [0.1, 0.15) is 50.5 Å². The number of carbonyl (C=O) groups excluding carboxylic acids is 2. The van der Waals surface area contributed by atoms with E-state index in [4.69, 9.17) is 9.47 Å². The van der Waals surface area contributed by atoms with Crippen molar-refractivity contribution in [3.8, 4) is 5.75 Å². The van der Waals surface area contributed by atoms with Crippen molar-refractivity contribution in [1.82, 2.24) is 0 Å². The molecule has 0 N–H and O–H groups in total. The second-order valence-electron chi connectivity index (χ2n) is 6.26. The van der Waals surface area contributed by atoms with E-state index in [1.807, 2.05) is 27.7 Å². The number of hydrogen-bond acceptors (Lipinski definition) is 4. The molecule has 4 nitrogen and oxygen atoms in total. The molecule has 0 aliphatic carbocycles. The molecule has 0 saturated heterocycles. The lowest BCUT2D eigenvalue weighted by atomic mass is 10.1. The Morgan fingerprint density at radius 3 is 2.20 bits per heavy atom. The first-order valence-electron chi connectivity index (χ1n) is 6.53. The van der Waals surface area contributed by atoms with Gasteiger partial charge in [-0.15, -0.1) is 0 Å². The zero-order valence-electron chi connectivity index (χ0n) is 12.9.